The van der Waals surface area contributed by atoms with Gasteiger partial charge in [-0.2, -0.15) is 5.10 Å². The van der Waals surface area contributed by atoms with Gasteiger partial charge in [-0.25, -0.2) is 4.68 Å². The van der Waals surface area contributed by atoms with Gasteiger partial charge in [0.1, 0.15) is 12.2 Å². The lowest BCUT2D eigenvalue weighted by Crippen LogP contribution is -2.35. The van der Waals surface area contributed by atoms with Gasteiger partial charge in [0, 0.05) is 36.3 Å². The summed E-state index contributed by atoms with van der Waals surface area (Å²) in [5, 5.41) is 7.20. The van der Waals surface area contributed by atoms with Crippen molar-refractivity contribution in [1.29, 1.82) is 0 Å². The fourth-order valence-electron chi connectivity index (χ4n) is 3.31. The van der Waals surface area contributed by atoms with Gasteiger partial charge in [0.2, 0.25) is 5.91 Å². The molecule has 30 heavy (non-hydrogen) atoms. The van der Waals surface area contributed by atoms with Crippen molar-refractivity contribution in [3.8, 4) is 10.6 Å². The van der Waals surface area contributed by atoms with Crippen LogP contribution in [0, 0.1) is 6.92 Å². The molecule has 7 nitrogen and oxygen atoms in total. The smallest absolute Gasteiger partial charge is 0.267 e. The van der Waals surface area contributed by atoms with Crippen LogP contribution in [0.2, 0.25) is 0 Å². The van der Waals surface area contributed by atoms with Crippen molar-refractivity contribution in [1.82, 2.24) is 14.7 Å². The third-order valence-corrected chi connectivity index (χ3v) is 5.92. The Balaban J connectivity index is 1.38. The van der Waals surface area contributed by atoms with E-state index in [4.69, 9.17) is 4.74 Å². The number of aryl methyl sites for hydroxylation is 1. The average Bonchev–Trinajstić information content (AvgIpc) is 3.18. The summed E-state index contributed by atoms with van der Waals surface area (Å²) in [6.45, 7) is 6.17. The van der Waals surface area contributed by atoms with E-state index in [-0.39, 0.29) is 18.0 Å². The summed E-state index contributed by atoms with van der Waals surface area (Å²) < 4.78 is 6.57. The Morgan fingerprint density at radius 1 is 1.10 bits per heavy atom. The van der Waals surface area contributed by atoms with Crippen molar-refractivity contribution in [2.45, 2.75) is 20.0 Å². The maximum Gasteiger partial charge on any atom is 0.267 e. The number of amides is 1. The molecule has 0 atom stereocenters. The van der Waals surface area contributed by atoms with E-state index in [2.05, 4.69) is 15.3 Å². The number of aromatic nitrogens is 2. The number of anilines is 1. The molecule has 0 aliphatic carbocycles. The molecule has 8 heteroatoms. The predicted molar refractivity (Wildman–Crippen MR) is 118 cm³/mol. The van der Waals surface area contributed by atoms with Gasteiger partial charge in [0.05, 0.1) is 18.1 Å². The molecule has 0 radical (unpaired) electrons. The molecular weight excluding hydrogens is 400 g/mol. The predicted octanol–water partition coefficient (Wildman–Crippen LogP) is 2.75. The molecule has 0 saturated carbocycles. The van der Waals surface area contributed by atoms with Crippen molar-refractivity contribution in [2.75, 3.05) is 31.6 Å². The molecule has 1 fully saturated rings. The minimum atomic E-state index is -0.303. The summed E-state index contributed by atoms with van der Waals surface area (Å²) in [6.07, 6.45) is 0. The van der Waals surface area contributed by atoms with Crippen molar-refractivity contribution in [3.05, 3.63) is 69.3 Å². The molecule has 0 spiro atoms. The van der Waals surface area contributed by atoms with Crippen molar-refractivity contribution in [2.24, 2.45) is 0 Å². The summed E-state index contributed by atoms with van der Waals surface area (Å²) >= 11 is 1.60. The van der Waals surface area contributed by atoms with Crippen LogP contribution in [0.4, 0.5) is 5.69 Å². The van der Waals surface area contributed by atoms with E-state index < -0.39 is 0 Å². The third kappa shape index (κ3) is 5.21. The van der Waals surface area contributed by atoms with E-state index in [1.165, 1.54) is 21.2 Å². The fraction of sp³-hybridized carbons (Fsp3) is 0.318. The molecule has 1 aliphatic heterocycles. The molecule has 3 aromatic rings. The van der Waals surface area contributed by atoms with Crippen LogP contribution in [-0.2, 0) is 22.6 Å². The Morgan fingerprint density at radius 2 is 1.87 bits per heavy atom. The molecule has 0 unspecified atom stereocenters. The van der Waals surface area contributed by atoms with E-state index in [1.54, 1.807) is 17.4 Å². The molecule has 0 bridgehead atoms. The first kappa shape index (κ1) is 20.5. The minimum Gasteiger partial charge on any atom is -0.379 e. The minimum absolute atomic E-state index is 0.132. The number of carbonyl (C=O) groups is 1. The molecule has 1 aromatic carbocycles. The number of nitrogens with one attached hydrogen (secondary N) is 1. The van der Waals surface area contributed by atoms with Crippen LogP contribution in [-0.4, -0.2) is 46.9 Å². The summed E-state index contributed by atoms with van der Waals surface area (Å²) in [7, 11) is 0. The zero-order valence-electron chi connectivity index (χ0n) is 16.8. The van der Waals surface area contributed by atoms with Gasteiger partial charge in [-0.1, -0.05) is 12.1 Å². The molecule has 1 N–H and O–H groups in total. The first-order valence-corrected chi connectivity index (χ1v) is 10.7. The van der Waals surface area contributed by atoms with Gasteiger partial charge in [-0.05, 0) is 42.8 Å². The Morgan fingerprint density at radius 3 is 2.57 bits per heavy atom. The molecule has 156 valence electrons. The lowest BCUT2D eigenvalue weighted by atomic mass is 10.2. The number of benzene rings is 1. The largest absolute Gasteiger partial charge is 0.379 e. The normalized spacial score (nSPS) is 14.6. The third-order valence-electron chi connectivity index (χ3n) is 4.90. The van der Waals surface area contributed by atoms with Crippen LogP contribution in [0.1, 0.15) is 10.4 Å². The van der Waals surface area contributed by atoms with Crippen LogP contribution in [0.15, 0.2) is 53.3 Å². The van der Waals surface area contributed by atoms with Crippen molar-refractivity contribution in [3.63, 3.8) is 0 Å². The zero-order valence-corrected chi connectivity index (χ0v) is 17.7. The highest BCUT2D eigenvalue weighted by Crippen LogP contribution is 2.25. The van der Waals surface area contributed by atoms with Crippen molar-refractivity contribution < 1.29 is 9.53 Å². The van der Waals surface area contributed by atoms with E-state index in [1.807, 2.05) is 43.3 Å². The Kier molecular flexibility index (Phi) is 6.37. The second-order valence-electron chi connectivity index (χ2n) is 7.26. The number of rotatable bonds is 6. The molecule has 1 saturated heterocycles. The molecule has 2 aromatic heterocycles. The lowest BCUT2D eigenvalue weighted by molar-refractivity contribution is -0.117. The first-order chi connectivity index (χ1) is 14.6. The summed E-state index contributed by atoms with van der Waals surface area (Å²) in [4.78, 5) is 29.1. The van der Waals surface area contributed by atoms with Gasteiger partial charge >= 0.3 is 0 Å². The molecule has 3 heterocycles. The van der Waals surface area contributed by atoms with Crippen LogP contribution < -0.4 is 10.9 Å². The standard InChI is InChI=1S/C22H24N4O3S/c1-16-2-8-20(30-16)19-7-9-22(28)26(24-19)15-21(27)23-18-5-3-17(4-6-18)14-25-10-12-29-13-11-25/h2-9H,10-15H2,1H3,(H,23,27). The molecule has 4 rings (SSSR count). The Bertz CT molecular complexity index is 1070. The second kappa shape index (κ2) is 9.34. The number of thiophene rings is 1. The number of hydrogen-bond donors (Lipinski definition) is 1. The topological polar surface area (TPSA) is 76.5 Å². The van der Waals surface area contributed by atoms with E-state index in [0.717, 1.165) is 37.7 Å². The number of ether oxygens (including phenoxy) is 1. The highest BCUT2D eigenvalue weighted by molar-refractivity contribution is 7.15. The van der Waals surface area contributed by atoms with E-state index in [0.29, 0.717) is 11.4 Å². The Hall–Kier alpha value is -2.81. The average molecular weight is 425 g/mol. The van der Waals surface area contributed by atoms with E-state index >= 15 is 0 Å². The number of morpholine rings is 1. The van der Waals surface area contributed by atoms with Crippen molar-refractivity contribution >= 4 is 22.9 Å². The first-order valence-electron chi connectivity index (χ1n) is 9.91. The maximum atomic E-state index is 12.5. The van der Waals surface area contributed by atoms with Gasteiger partial charge < -0.3 is 10.1 Å². The van der Waals surface area contributed by atoms with Crippen LogP contribution in [0.3, 0.4) is 0 Å². The summed E-state index contributed by atoms with van der Waals surface area (Å²) in [5.74, 6) is -0.287. The van der Waals surface area contributed by atoms with Crippen LogP contribution >= 0.6 is 11.3 Å². The SMILES string of the molecule is Cc1ccc(-c2ccc(=O)n(CC(=O)Nc3ccc(CN4CCOCC4)cc3)n2)s1. The van der Waals surface area contributed by atoms with Gasteiger partial charge in [-0.3, -0.25) is 14.5 Å². The summed E-state index contributed by atoms with van der Waals surface area (Å²) in [6, 6.07) is 14.9. The number of carbonyl (C=O) groups excluding carboxylic acids is 1. The molecule has 1 amide bonds. The molecular formula is C22H24N4O3S. The maximum absolute atomic E-state index is 12.5. The van der Waals surface area contributed by atoms with Gasteiger partial charge in [0.15, 0.2) is 0 Å². The Labute approximate surface area is 178 Å². The number of nitrogens with zero attached hydrogens (tertiary/aromatic N) is 3. The fourth-order valence-corrected chi connectivity index (χ4v) is 4.15. The second-order valence-corrected chi connectivity index (χ2v) is 8.55. The zero-order chi connectivity index (χ0) is 20.9. The molecule has 1 aliphatic rings. The van der Waals surface area contributed by atoms with Gasteiger partial charge in [-0.15, -0.1) is 11.3 Å². The lowest BCUT2D eigenvalue weighted by Gasteiger charge is -2.26. The highest BCUT2D eigenvalue weighted by Gasteiger charge is 2.12. The van der Waals surface area contributed by atoms with Crippen LogP contribution in [0.5, 0.6) is 0 Å². The van der Waals surface area contributed by atoms with Crippen LogP contribution in [0.25, 0.3) is 10.6 Å². The van der Waals surface area contributed by atoms with Gasteiger partial charge in [0.25, 0.3) is 5.56 Å². The summed E-state index contributed by atoms with van der Waals surface area (Å²) in [5.41, 5.74) is 2.27. The van der Waals surface area contributed by atoms with E-state index in [9.17, 15) is 9.59 Å². The quantitative estimate of drug-likeness (QED) is 0.659. The monoisotopic (exact) mass is 424 g/mol. The highest BCUT2D eigenvalue weighted by atomic mass is 32.1. The number of hydrogen-bond acceptors (Lipinski definition) is 6.